The lowest BCUT2D eigenvalue weighted by molar-refractivity contribution is 0.0536. The molecule has 6 heteroatoms. The van der Waals surface area contributed by atoms with Gasteiger partial charge in [-0.2, -0.15) is 0 Å². The van der Waals surface area contributed by atoms with Crippen LogP contribution in [0.4, 0.5) is 0 Å². The molecule has 2 N–H and O–H groups in total. The highest BCUT2D eigenvalue weighted by Gasteiger charge is 2.25. The van der Waals surface area contributed by atoms with Gasteiger partial charge in [0.15, 0.2) is 5.96 Å². The molecule has 0 saturated carbocycles. The van der Waals surface area contributed by atoms with Crippen molar-refractivity contribution >= 4 is 5.96 Å². The molecular formula is C19H39N3O3. The Kier molecular flexibility index (Phi) is 11.9. The van der Waals surface area contributed by atoms with Gasteiger partial charge in [0.25, 0.3) is 0 Å². The average molecular weight is 358 g/mol. The first kappa shape index (κ1) is 22.2. The number of likely N-dealkylation sites (tertiary alicyclic amines) is 1. The van der Waals surface area contributed by atoms with Crippen molar-refractivity contribution in [3.8, 4) is 0 Å². The van der Waals surface area contributed by atoms with Crippen LogP contribution in [0.25, 0.3) is 0 Å². The fourth-order valence-electron chi connectivity index (χ4n) is 3.33. The monoisotopic (exact) mass is 357 g/mol. The van der Waals surface area contributed by atoms with Gasteiger partial charge in [0.05, 0.1) is 19.8 Å². The third-order valence-corrected chi connectivity index (χ3v) is 4.55. The number of aliphatic hydroxyl groups is 1. The van der Waals surface area contributed by atoms with E-state index in [0.29, 0.717) is 31.0 Å². The van der Waals surface area contributed by atoms with Crippen LogP contribution in [0.1, 0.15) is 40.0 Å². The molecule has 1 aliphatic heterocycles. The Balaban J connectivity index is 2.51. The molecule has 1 aliphatic rings. The third-order valence-electron chi connectivity index (χ3n) is 4.55. The molecule has 148 valence electrons. The molecule has 0 amide bonds. The van der Waals surface area contributed by atoms with Crippen LogP contribution in [0.3, 0.4) is 0 Å². The van der Waals surface area contributed by atoms with E-state index in [9.17, 15) is 5.11 Å². The molecule has 0 spiro atoms. The Hall–Kier alpha value is -0.850. The lowest BCUT2D eigenvalue weighted by Gasteiger charge is -2.23. The zero-order valence-electron chi connectivity index (χ0n) is 16.7. The Labute approximate surface area is 154 Å². The number of hydrogen-bond donors (Lipinski definition) is 2. The highest BCUT2D eigenvalue weighted by Crippen LogP contribution is 2.18. The smallest absolute Gasteiger partial charge is 0.193 e. The van der Waals surface area contributed by atoms with Gasteiger partial charge in [-0.25, -0.2) is 0 Å². The van der Waals surface area contributed by atoms with E-state index in [0.717, 1.165) is 58.0 Å². The van der Waals surface area contributed by atoms with E-state index in [2.05, 4.69) is 31.0 Å². The molecular weight excluding hydrogens is 318 g/mol. The van der Waals surface area contributed by atoms with Gasteiger partial charge >= 0.3 is 0 Å². The van der Waals surface area contributed by atoms with Gasteiger partial charge in [0.2, 0.25) is 0 Å². The summed E-state index contributed by atoms with van der Waals surface area (Å²) in [5.74, 6) is 2.65. The third kappa shape index (κ3) is 9.42. The summed E-state index contributed by atoms with van der Waals surface area (Å²) >= 11 is 0. The Morgan fingerprint density at radius 1 is 1.36 bits per heavy atom. The number of hydrogen-bond acceptors (Lipinski definition) is 4. The fourth-order valence-corrected chi connectivity index (χ4v) is 3.33. The quantitative estimate of drug-likeness (QED) is 0.318. The van der Waals surface area contributed by atoms with Crippen LogP contribution in [0.5, 0.6) is 0 Å². The minimum absolute atomic E-state index is 0.244. The Morgan fingerprint density at radius 2 is 2.16 bits per heavy atom. The topological polar surface area (TPSA) is 66.3 Å². The summed E-state index contributed by atoms with van der Waals surface area (Å²) in [5, 5.41) is 12.7. The number of nitrogens with zero attached hydrogens (tertiary/aromatic N) is 2. The molecule has 1 fully saturated rings. The first-order valence-corrected chi connectivity index (χ1v) is 9.81. The van der Waals surface area contributed by atoms with E-state index in [1.165, 1.54) is 0 Å². The number of guanidine groups is 1. The predicted molar refractivity (Wildman–Crippen MR) is 103 cm³/mol. The van der Waals surface area contributed by atoms with Gasteiger partial charge in [0, 0.05) is 45.8 Å². The van der Waals surface area contributed by atoms with Crippen molar-refractivity contribution in [1.29, 1.82) is 0 Å². The van der Waals surface area contributed by atoms with Crippen molar-refractivity contribution in [1.82, 2.24) is 10.2 Å². The number of methoxy groups -OCH3 is 1. The second-order valence-corrected chi connectivity index (χ2v) is 7.37. The minimum Gasteiger partial charge on any atom is -0.396 e. The Bertz CT molecular complexity index is 364. The number of nitrogens with one attached hydrogen (secondary N) is 1. The minimum atomic E-state index is 0.244. The van der Waals surface area contributed by atoms with Crippen LogP contribution in [-0.2, 0) is 9.47 Å². The van der Waals surface area contributed by atoms with Crippen LogP contribution in [0, 0.1) is 17.8 Å². The largest absolute Gasteiger partial charge is 0.396 e. The van der Waals surface area contributed by atoms with Gasteiger partial charge in [-0.15, -0.1) is 0 Å². The van der Waals surface area contributed by atoms with E-state index in [1.54, 1.807) is 7.11 Å². The van der Waals surface area contributed by atoms with E-state index >= 15 is 0 Å². The second-order valence-electron chi connectivity index (χ2n) is 7.37. The van der Waals surface area contributed by atoms with Crippen molar-refractivity contribution < 1.29 is 14.6 Å². The van der Waals surface area contributed by atoms with E-state index < -0.39 is 0 Å². The first-order chi connectivity index (χ1) is 12.1. The lowest BCUT2D eigenvalue weighted by Crippen LogP contribution is -2.40. The van der Waals surface area contributed by atoms with Gasteiger partial charge in [-0.3, -0.25) is 4.99 Å². The second kappa shape index (κ2) is 13.4. The van der Waals surface area contributed by atoms with Gasteiger partial charge in [-0.05, 0) is 38.0 Å². The molecule has 0 aromatic heterocycles. The maximum atomic E-state index is 9.29. The number of aliphatic imine (C=N–C) groups is 1. The average Bonchev–Trinajstić information content (AvgIpc) is 3.04. The highest BCUT2D eigenvalue weighted by atomic mass is 16.5. The SMILES string of the molecule is CCNC(=NCC(CCO)CC(C)C)N1CCC(COCCOC)C1. The van der Waals surface area contributed by atoms with Crippen LogP contribution in [0.15, 0.2) is 4.99 Å². The molecule has 0 aromatic carbocycles. The van der Waals surface area contributed by atoms with Crippen LogP contribution in [-0.4, -0.2) is 75.7 Å². The molecule has 25 heavy (non-hydrogen) atoms. The molecule has 2 unspecified atom stereocenters. The normalized spacial score (nSPS) is 19.7. The lowest BCUT2D eigenvalue weighted by atomic mass is 9.94. The predicted octanol–water partition coefficient (Wildman–Crippen LogP) is 1.98. The van der Waals surface area contributed by atoms with E-state index in [-0.39, 0.29) is 6.61 Å². The molecule has 1 heterocycles. The number of rotatable bonds is 12. The molecule has 0 aromatic rings. The van der Waals surface area contributed by atoms with E-state index in [1.807, 2.05) is 0 Å². The van der Waals surface area contributed by atoms with Gasteiger partial charge in [0.1, 0.15) is 0 Å². The van der Waals surface area contributed by atoms with Crippen molar-refractivity contribution in [3.63, 3.8) is 0 Å². The summed E-state index contributed by atoms with van der Waals surface area (Å²) in [7, 11) is 1.70. The summed E-state index contributed by atoms with van der Waals surface area (Å²) < 4.78 is 10.7. The van der Waals surface area contributed by atoms with Gasteiger partial charge in [-0.1, -0.05) is 13.8 Å². The maximum Gasteiger partial charge on any atom is 0.193 e. The highest BCUT2D eigenvalue weighted by molar-refractivity contribution is 5.80. The van der Waals surface area contributed by atoms with Gasteiger partial charge < -0.3 is 24.8 Å². The maximum absolute atomic E-state index is 9.29. The van der Waals surface area contributed by atoms with Crippen molar-refractivity contribution in [2.24, 2.45) is 22.7 Å². The summed E-state index contributed by atoms with van der Waals surface area (Å²) in [6.07, 6.45) is 3.08. The molecule has 2 atom stereocenters. The zero-order chi connectivity index (χ0) is 18.5. The molecule has 0 aliphatic carbocycles. The number of aliphatic hydroxyl groups excluding tert-OH is 1. The van der Waals surface area contributed by atoms with Crippen molar-refractivity contribution in [2.45, 2.75) is 40.0 Å². The molecule has 0 bridgehead atoms. The Morgan fingerprint density at radius 3 is 2.80 bits per heavy atom. The molecule has 1 rings (SSSR count). The van der Waals surface area contributed by atoms with Crippen molar-refractivity contribution in [2.75, 3.05) is 59.7 Å². The summed E-state index contributed by atoms with van der Waals surface area (Å²) in [5.41, 5.74) is 0. The molecule has 1 saturated heterocycles. The van der Waals surface area contributed by atoms with Crippen LogP contribution in [0.2, 0.25) is 0 Å². The zero-order valence-corrected chi connectivity index (χ0v) is 16.7. The van der Waals surface area contributed by atoms with E-state index in [4.69, 9.17) is 14.5 Å². The van der Waals surface area contributed by atoms with Crippen LogP contribution < -0.4 is 5.32 Å². The fraction of sp³-hybridized carbons (Fsp3) is 0.947. The molecule has 0 radical (unpaired) electrons. The standard InChI is InChI=1S/C19H39N3O3/c1-5-20-19(21-13-17(7-9-23)12-16(2)3)22-8-6-18(14-22)15-25-11-10-24-4/h16-18,23H,5-15H2,1-4H3,(H,20,21). The first-order valence-electron chi connectivity index (χ1n) is 9.81. The summed E-state index contributed by atoms with van der Waals surface area (Å²) in [6, 6.07) is 0. The molecule has 6 nitrogen and oxygen atoms in total. The summed E-state index contributed by atoms with van der Waals surface area (Å²) in [4.78, 5) is 7.22. The summed E-state index contributed by atoms with van der Waals surface area (Å²) in [6.45, 7) is 12.6. The number of ether oxygens (including phenoxy) is 2. The van der Waals surface area contributed by atoms with Crippen LogP contribution >= 0.6 is 0 Å². The van der Waals surface area contributed by atoms with Crippen molar-refractivity contribution in [3.05, 3.63) is 0 Å².